The van der Waals surface area contributed by atoms with E-state index in [2.05, 4.69) is 25.7 Å². The molecule has 0 saturated carbocycles. The maximum Gasteiger partial charge on any atom is 0.126 e. The van der Waals surface area contributed by atoms with Crippen molar-refractivity contribution in [3.05, 3.63) is 29.1 Å². The number of anilines is 1. The normalized spacial score (nSPS) is 14.4. The van der Waals surface area contributed by atoms with Crippen LogP contribution in [0.3, 0.4) is 0 Å². The number of nitrogens with zero attached hydrogens (tertiary/aromatic N) is 1. The molecule has 3 heteroatoms. The lowest BCUT2D eigenvalue weighted by Gasteiger charge is -2.32. The molecule has 1 aromatic carbocycles. The summed E-state index contributed by atoms with van der Waals surface area (Å²) in [5.41, 5.74) is 8.61. The van der Waals surface area contributed by atoms with Crippen molar-refractivity contribution >= 4 is 5.69 Å². The van der Waals surface area contributed by atoms with Gasteiger partial charge in [-0.05, 0) is 57.4 Å². The predicted molar refractivity (Wildman–Crippen MR) is 76.5 cm³/mol. The number of halogens is 1. The lowest BCUT2D eigenvalue weighted by atomic mass is 10.0. The first-order chi connectivity index (χ1) is 8.42. The van der Waals surface area contributed by atoms with Crippen LogP contribution in [0.5, 0.6) is 0 Å². The fourth-order valence-electron chi connectivity index (χ4n) is 2.23. The Labute approximate surface area is 110 Å². The number of hydrogen-bond acceptors (Lipinski definition) is 2. The third-order valence-corrected chi connectivity index (χ3v) is 3.57. The molecule has 1 rings (SSSR count). The molecule has 1 aromatic rings. The van der Waals surface area contributed by atoms with Crippen LogP contribution in [-0.2, 0) is 0 Å². The number of benzene rings is 1. The molecule has 0 amide bonds. The highest BCUT2D eigenvalue weighted by molar-refractivity contribution is 5.57. The highest BCUT2D eigenvalue weighted by Crippen LogP contribution is 2.30. The summed E-state index contributed by atoms with van der Waals surface area (Å²) in [6.45, 7) is 11.1. The topological polar surface area (TPSA) is 29.3 Å². The first-order valence-electron chi connectivity index (χ1n) is 6.74. The summed E-state index contributed by atoms with van der Waals surface area (Å²) < 4.78 is 13.7. The Kier molecular flexibility index (Phi) is 5.15. The molecule has 0 aliphatic heterocycles. The van der Waals surface area contributed by atoms with Gasteiger partial charge in [-0.1, -0.05) is 6.92 Å². The lowest BCUT2D eigenvalue weighted by Crippen LogP contribution is -2.33. The van der Waals surface area contributed by atoms with Crippen LogP contribution in [0.2, 0.25) is 0 Å². The van der Waals surface area contributed by atoms with Crippen LogP contribution in [0.4, 0.5) is 10.1 Å². The summed E-state index contributed by atoms with van der Waals surface area (Å²) in [4.78, 5) is 2.30. The zero-order valence-electron chi connectivity index (χ0n) is 12.1. The van der Waals surface area contributed by atoms with Crippen LogP contribution >= 0.6 is 0 Å². The standard InChI is InChI=1S/C15H25FN2/c1-6-11(4)18(7-2)15-8-10(3)14(16)9-13(15)12(5)17/h8-9,11-12H,6-7,17H2,1-5H3. The van der Waals surface area contributed by atoms with Gasteiger partial charge in [-0.3, -0.25) is 0 Å². The Hall–Kier alpha value is -1.09. The number of hydrogen-bond donors (Lipinski definition) is 1. The SMILES string of the molecule is CCC(C)N(CC)c1cc(C)c(F)cc1C(C)N. The smallest absolute Gasteiger partial charge is 0.126 e. The second kappa shape index (κ2) is 6.19. The Morgan fingerprint density at radius 1 is 1.28 bits per heavy atom. The molecule has 0 bridgehead atoms. The minimum Gasteiger partial charge on any atom is -0.369 e. The van der Waals surface area contributed by atoms with Gasteiger partial charge in [-0.15, -0.1) is 0 Å². The van der Waals surface area contributed by atoms with Gasteiger partial charge < -0.3 is 10.6 Å². The molecule has 18 heavy (non-hydrogen) atoms. The molecular formula is C15H25FN2. The molecule has 2 unspecified atom stereocenters. The molecule has 0 saturated heterocycles. The Morgan fingerprint density at radius 3 is 2.33 bits per heavy atom. The van der Waals surface area contributed by atoms with Gasteiger partial charge in [0, 0.05) is 24.3 Å². The fourth-order valence-corrected chi connectivity index (χ4v) is 2.23. The van der Waals surface area contributed by atoms with E-state index in [4.69, 9.17) is 5.73 Å². The first kappa shape index (κ1) is 15.0. The molecule has 0 heterocycles. The van der Waals surface area contributed by atoms with E-state index in [1.54, 1.807) is 13.0 Å². The zero-order chi connectivity index (χ0) is 13.9. The van der Waals surface area contributed by atoms with E-state index < -0.39 is 0 Å². The lowest BCUT2D eigenvalue weighted by molar-refractivity contribution is 0.602. The van der Waals surface area contributed by atoms with Crippen molar-refractivity contribution in [2.45, 2.75) is 53.1 Å². The predicted octanol–water partition coefficient (Wildman–Crippen LogP) is 3.78. The monoisotopic (exact) mass is 252 g/mol. The Bertz CT molecular complexity index is 402. The largest absolute Gasteiger partial charge is 0.369 e. The molecule has 2 atom stereocenters. The van der Waals surface area contributed by atoms with E-state index in [0.717, 1.165) is 24.2 Å². The Morgan fingerprint density at radius 2 is 1.89 bits per heavy atom. The Balaban J connectivity index is 3.31. The maximum absolute atomic E-state index is 13.7. The third-order valence-electron chi connectivity index (χ3n) is 3.57. The summed E-state index contributed by atoms with van der Waals surface area (Å²) in [6, 6.07) is 3.77. The molecule has 0 aliphatic rings. The minimum atomic E-state index is -0.175. The van der Waals surface area contributed by atoms with Crippen molar-refractivity contribution < 1.29 is 4.39 Å². The van der Waals surface area contributed by atoms with E-state index in [9.17, 15) is 4.39 Å². The van der Waals surface area contributed by atoms with Crippen LogP contribution in [0, 0.1) is 12.7 Å². The molecule has 0 radical (unpaired) electrons. The van der Waals surface area contributed by atoms with Crippen LogP contribution in [0.25, 0.3) is 0 Å². The van der Waals surface area contributed by atoms with Crippen molar-refractivity contribution in [3.63, 3.8) is 0 Å². The molecule has 0 spiro atoms. The van der Waals surface area contributed by atoms with Crippen molar-refractivity contribution in [2.24, 2.45) is 5.73 Å². The van der Waals surface area contributed by atoms with Gasteiger partial charge in [0.2, 0.25) is 0 Å². The van der Waals surface area contributed by atoms with Gasteiger partial charge in [0.05, 0.1) is 0 Å². The summed E-state index contributed by atoms with van der Waals surface area (Å²) in [5, 5.41) is 0. The maximum atomic E-state index is 13.7. The van der Waals surface area contributed by atoms with Crippen LogP contribution in [0.1, 0.15) is 51.3 Å². The molecule has 2 N–H and O–H groups in total. The molecule has 102 valence electrons. The second-order valence-corrected chi connectivity index (χ2v) is 4.99. The highest BCUT2D eigenvalue weighted by Gasteiger charge is 2.18. The quantitative estimate of drug-likeness (QED) is 0.864. The number of aryl methyl sites for hydroxylation is 1. The van der Waals surface area contributed by atoms with Gasteiger partial charge in [0.15, 0.2) is 0 Å². The van der Waals surface area contributed by atoms with E-state index in [-0.39, 0.29) is 11.9 Å². The van der Waals surface area contributed by atoms with Crippen LogP contribution in [0.15, 0.2) is 12.1 Å². The third kappa shape index (κ3) is 3.02. The molecule has 0 aliphatic carbocycles. The van der Waals surface area contributed by atoms with Gasteiger partial charge in [-0.25, -0.2) is 4.39 Å². The van der Waals surface area contributed by atoms with E-state index in [1.807, 2.05) is 13.0 Å². The summed E-state index contributed by atoms with van der Waals surface area (Å²) in [7, 11) is 0. The molecular weight excluding hydrogens is 227 g/mol. The van der Waals surface area contributed by atoms with Gasteiger partial charge in [0.1, 0.15) is 5.82 Å². The van der Waals surface area contributed by atoms with Gasteiger partial charge in [0.25, 0.3) is 0 Å². The van der Waals surface area contributed by atoms with E-state index in [1.165, 1.54) is 0 Å². The minimum absolute atomic E-state index is 0.159. The van der Waals surface area contributed by atoms with Crippen molar-refractivity contribution in [3.8, 4) is 0 Å². The molecule has 0 fully saturated rings. The second-order valence-electron chi connectivity index (χ2n) is 4.99. The van der Waals surface area contributed by atoms with Crippen molar-refractivity contribution in [2.75, 3.05) is 11.4 Å². The van der Waals surface area contributed by atoms with Crippen molar-refractivity contribution in [1.82, 2.24) is 0 Å². The van der Waals surface area contributed by atoms with E-state index >= 15 is 0 Å². The molecule has 0 aromatic heterocycles. The van der Waals surface area contributed by atoms with Gasteiger partial charge in [-0.2, -0.15) is 0 Å². The zero-order valence-corrected chi connectivity index (χ0v) is 12.1. The summed E-state index contributed by atoms with van der Waals surface area (Å²) in [6.07, 6.45) is 1.06. The van der Waals surface area contributed by atoms with Gasteiger partial charge >= 0.3 is 0 Å². The molecule has 2 nitrogen and oxygen atoms in total. The number of nitrogens with two attached hydrogens (primary N) is 1. The number of rotatable bonds is 5. The van der Waals surface area contributed by atoms with Crippen LogP contribution < -0.4 is 10.6 Å². The van der Waals surface area contributed by atoms with E-state index in [0.29, 0.717) is 11.6 Å². The average Bonchev–Trinajstić information content (AvgIpc) is 2.33. The average molecular weight is 252 g/mol. The summed E-state index contributed by atoms with van der Waals surface area (Å²) in [5.74, 6) is -0.175. The first-order valence-corrected chi connectivity index (χ1v) is 6.74. The van der Waals surface area contributed by atoms with Crippen LogP contribution in [-0.4, -0.2) is 12.6 Å². The summed E-state index contributed by atoms with van der Waals surface area (Å²) >= 11 is 0. The highest BCUT2D eigenvalue weighted by atomic mass is 19.1. The fraction of sp³-hybridized carbons (Fsp3) is 0.600. The van der Waals surface area contributed by atoms with Crippen molar-refractivity contribution in [1.29, 1.82) is 0 Å².